The number of para-hydroxylation sites is 2. The van der Waals surface area contributed by atoms with Crippen LogP contribution in [0, 0.1) is 6.92 Å². The maximum atomic E-state index is 12.6. The van der Waals surface area contributed by atoms with E-state index in [1.165, 1.54) is 11.3 Å². The maximum absolute atomic E-state index is 12.6. The van der Waals surface area contributed by atoms with Crippen molar-refractivity contribution in [3.05, 3.63) is 59.7 Å². The molecule has 5 nitrogen and oxygen atoms in total. The highest BCUT2D eigenvalue weighted by molar-refractivity contribution is 5.96. The molecule has 0 aliphatic heterocycles. The van der Waals surface area contributed by atoms with Crippen LogP contribution in [-0.2, 0) is 4.74 Å². The Labute approximate surface area is 162 Å². The molecule has 1 N–H and O–H groups in total. The predicted molar refractivity (Wildman–Crippen MR) is 110 cm³/mol. The number of anilines is 1. The average Bonchev–Trinajstić information content (AvgIpc) is 2.69. The molecule has 2 rings (SSSR count). The molecular weight excluding hydrogens is 340 g/mol. The molecule has 5 heteroatoms. The van der Waals surface area contributed by atoms with Crippen LogP contribution in [0.2, 0.25) is 0 Å². The molecule has 1 amide bonds. The topological polar surface area (TPSA) is 50.8 Å². The minimum atomic E-state index is -0.122. The Balaban J connectivity index is 1.91. The van der Waals surface area contributed by atoms with Gasteiger partial charge in [-0.1, -0.05) is 30.3 Å². The number of benzene rings is 2. The second-order valence-electron chi connectivity index (χ2n) is 6.16. The van der Waals surface area contributed by atoms with Gasteiger partial charge in [0.15, 0.2) is 0 Å². The van der Waals surface area contributed by atoms with Gasteiger partial charge in [-0.05, 0) is 44.5 Å². The van der Waals surface area contributed by atoms with Crippen molar-refractivity contribution in [2.45, 2.75) is 20.8 Å². The molecule has 0 aliphatic rings. The highest BCUT2D eigenvalue weighted by Gasteiger charge is 2.13. The third-order valence-corrected chi connectivity index (χ3v) is 4.33. The lowest BCUT2D eigenvalue weighted by molar-refractivity contribution is 0.0937. The van der Waals surface area contributed by atoms with Crippen LogP contribution in [0.1, 0.15) is 29.8 Å². The fraction of sp³-hybridized carbons (Fsp3) is 0.409. The van der Waals surface area contributed by atoms with Crippen LogP contribution in [-0.4, -0.2) is 45.4 Å². The Kier molecular flexibility index (Phi) is 8.65. The van der Waals surface area contributed by atoms with Gasteiger partial charge in [-0.3, -0.25) is 4.79 Å². The summed E-state index contributed by atoms with van der Waals surface area (Å²) in [6.07, 6.45) is 0. The number of nitrogens with one attached hydrogen (secondary N) is 1. The quantitative estimate of drug-likeness (QED) is 0.613. The molecule has 0 heterocycles. The molecule has 0 aromatic heterocycles. The summed E-state index contributed by atoms with van der Waals surface area (Å²) in [6.45, 7) is 9.95. The lowest BCUT2D eigenvalue weighted by Gasteiger charge is -2.25. The van der Waals surface area contributed by atoms with Gasteiger partial charge in [-0.15, -0.1) is 0 Å². The van der Waals surface area contributed by atoms with Gasteiger partial charge in [0.25, 0.3) is 5.91 Å². The van der Waals surface area contributed by atoms with Crippen molar-refractivity contribution >= 4 is 11.6 Å². The minimum Gasteiger partial charge on any atom is -0.490 e. The molecular formula is C22H30N2O3. The SMILES string of the molecule is CCOCCOc1ccccc1C(=O)NCCN(CC)c1ccccc1C. The van der Waals surface area contributed by atoms with Crippen molar-refractivity contribution in [1.29, 1.82) is 0 Å². The molecule has 0 saturated heterocycles. The van der Waals surface area contributed by atoms with Crippen LogP contribution in [0.25, 0.3) is 0 Å². The zero-order chi connectivity index (χ0) is 19.5. The monoisotopic (exact) mass is 370 g/mol. The molecule has 2 aromatic carbocycles. The molecule has 0 bridgehead atoms. The van der Waals surface area contributed by atoms with E-state index in [1.54, 1.807) is 6.07 Å². The number of ether oxygens (including phenoxy) is 2. The smallest absolute Gasteiger partial charge is 0.255 e. The number of rotatable bonds is 11. The summed E-state index contributed by atoms with van der Waals surface area (Å²) in [5.74, 6) is 0.462. The molecule has 27 heavy (non-hydrogen) atoms. The van der Waals surface area contributed by atoms with Crippen LogP contribution >= 0.6 is 0 Å². The van der Waals surface area contributed by atoms with Gasteiger partial charge in [-0.2, -0.15) is 0 Å². The summed E-state index contributed by atoms with van der Waals surface area (Å²) < 4.78 is 11.0. The Morgan fingerprint density at radius 1 is 1.04 bits per heavy atom. The molecule has 0 saturated carbocycles. The van der Waals surface area contributed by atoms with E-state index >= 15 is 0 Å². The summed E-state index contributed by atoms with van der Waals surface area (Å²) in [4.78, 5) is 14.9. The number of carbonyl (C=O) groups excluding carboxylic acids is 1. The van der Waals surface area contributed by atoms with Gasteiger partial charge in [0.2, 0.25) is 0 Å². The van der Waals surface area contributed by atoms with Crippen LogP contribution in [0.4, 0.5) is 5.69 Å². The zero-order valence-electron chi connectivity index (χ0n) is 16.5. The van der Waals surface area contributed by atoms with E-state index in [2.05, 4.69) is 36.2 Å². The van der Waals surface area contributed by atoms with Crippen LogP contribution in [0.3, 0.4) is 0 Å². The Morgan fingerprint density at radius 3 is 2.52 bits per heavy atom. The summed E-state index contributed by atoms with van der Waals surface area (Å²) in [6, 6.07) is 15.6. The number of likely N-dealkylation sites (N-methyl/N-ethyl adjacent to an activating group) is 1. The Morgan fingerprint density at radius 2 is 1.78 bits per heavy atom. The number of carbonyl (C=O) groups is 1. The van der Waals surface area contributed by atoms with Crippen molar-refractivity contribution in [2.75, 3.05) is 44.4 Å². The maximum Gasteiger partial charge on any atom is 0.255 e. The summed E-state index contributed by atoms with van der Waals surface area (Å²) in [7, 11) is 0. The second kappa shape index (κ2) is 11.2. The van der Waals surface area contributed by atoms with Gasteiger partial charge >= 0.3 is 0 Å². The number of nitrogens with zero attached hydrogens (tertiary/aromatic N) is 1. The lowest BCUT2D eigenvalue weighted by Crippen LogP contribution is -2.35. The summed E-state index contributed by atoms with van der Waals surface area (Å²) >= 11 is 0. The van der Waals surface area contributed by atoms with Crippen molar-refractivity contribution < 1.29 is 14.3 Å². The van der Waals surface area contributed by atoms with Gasteiger partial charge in [0, 0.05) is 31.9 Å². The standard InChI is InChI=1S/C22H30N2O3/c1-4-24(20-12-8-6-10-18(20)3)15-14-23-22(25)19-11-7-9-13-21(19)27-17-16-26-5-2/h6-13H,4-5,14-17H2,1-3H3,(H,23,25). The van der Waals surface area contributed by atoms with Gasteiger partial charge in [0.1, 0.15) is 12.4 Å². The largest absolute Gasteiger partial charge is 0.490 e. The molecule has 0 atom stereocenters. The molecule has 0 fully saturated rings. The average molecular weight is 370 g/mol. The van der Waals surface area contributed by atoms with E-state index in [9.17, 15) is 4.79 Å². The first-order valence-electron chi connectivity index (χ1n) is 9.55. The van der Waals surface area contributed by atoms with Crippen molar-refractivity contribution in [3.8, 4) is 5.75 Å². The van der Waals surface area contributed by atoms with E-state index in [0.29, 0.717) is 37.7 Å². The Hall–Kier alpha value is -2.53. The molecule has 0 aliphatic carbocycles. The Bertz CT molecular complexity index is 718. The molecule has 0 unspecified atom stereocenters. The van der Waals surface area contributed by atoms with E-state index < -0.39 is 0 Å². The van der Waals surface area contributed by atoms with E-state index in [4.69, 9.17) is 9.47 Å². The zero-order valence-corrected chi connectivity index (χ0v) is 16.5. The van der Waals surface area contributed by atoms with Crippen molar-refractivity contribution in [2.24, 2.45) is 0 Å². The third-order valence-electron chi connectivity index (χ3n) is 4.33. The number of amides is 1. The second-order valence-corrected chi connectivity index (χ2v) is 6.16. The first-order valence-corrected chi connectivity index (χ1v) is 9.55. The van der Waals surface area contributed by atoms with Crippen molar-refractivity contribution in [3.63, 3.8) is 0 Å². The van der Waals surface area contributed by atoms with E-state index in [0.717, 1.165) is 13.1 Å². The first-order chi connectivity index (χ1) is 13.2. The molecule has 146 valence electrons. The molecule has 0 spiro atoms. The molecule has 2 aromatic rings. The van der Waals surface area contributed by atoms with Gasteiger partial charge < -0.3 is 19.7 Å². The van der Waals surface area contributed by atoms with Crippen LogP contribution in [0.5, 0.6) is 5.75 Å². The fourth-order valence-electron chi connectivity index (χ4n) is 2.90. The minimum absolute atomic E-state index is 0.122. The molecule has 0 radical (unpaired) electrons. The highest BCUT2D eigenvalue weighted by Crippen LogP contribution is 2.19. The lowest BCUT2D eigenvalue weighted by atomic mass is 10.1. The first kappa shape index (κ1) is 20.8. The summed E-state index contributed by atoms with van der Waals surface area (Å²) in [5, 5.41) is 3.00. The van der Waals surface area contributed by atoms with Gasteiger partial charge in [0.05, 0.1) is 12.2 Å². The number of hydrogen-bond acceptors (Lipinski definition) is 4. The number of hydrogen-bond donors (Lipinski definition) is 1. The van der Waals surface area contributed by atoms with Gasteiger partial charge in [-0.25, -0.2) is 0 Å². The highest BCUT2D eigenvalue weighted by atomic mass is 16.5. The number of aryl methyl sites for hydroxylation is 1. The predicted octanol–water partition coefficient (Wildman–Crippen LogP) is 3.67. The van der Waals surface area contributed by atoms with Crippen LogP contribution < -0.4 is 15.0 Å². The van der Waals surface area contributed by atoms with Crippen molar-refractivity contribution in [1.82, 2.24) is 5.32 Å². The van der Waals surface area contributed by atoms with E-state index in [1.807, 2.05) is 37.3 Å². The summed E-state index contributed by atoms with van der Waals surface area (Å²) in [5.41, 5.74) is 2.99. The normalized spacial score (nSPS) is 10.5. The fourth-order valence-corrected chi connectivity index (χ4v) is 2.90. The van der Waals surface area contributed by atoms with Crippen LogP contribution in [0.15, 0.2) is 48.5 Å². The van der Waals surface area contributed by atoms with E-state index in [-0.39, 0.29) is 5.91 Å². The third kappa shape index (κ3) is 6.29.